The average Bonchev–Trinajstić information content (AvgIpc) is 2.80. The van der Waals surface area contributed by atoms with E-state index in [9.17, 15) is 4.39 Å². The lowest BCUT2D eigenvalue weighted by Crippen LogP contribution is -2.25. The van der Waals surface area contributed by atoms with E-state index in [1.807, 2.05) is 23.9 Å². The van der Waals surface area contributed by atoms with Gasteiger partial charge >= 0.3 is 0 Å². The first-order valence-corrected chi connectivity index (χ1v) is 6.98. The topological polar surface area (TPSA) is 12.0 Å². The molecule has 1 N–H and O–H groups in total. The summed E-state index contributed by atoms with van der Waals surface area (Å²) in [5, 5.41) is 3.52. The van der Waals surface area contributed by atoms with Crippen molar-refractivity contribution >= 4 is 11.8 Å². The summed E-state index contributed by atoms with van der Waals surface area (Å²) in [5.74, 6) is 3.23. The third-order valence-corrected chi connectivity index (χ3v) is 4.34. The van der Waals surface area contributed by atoms with Gasteiger partial charge in [0, 0.05) is 6.04 Å². The van der Waals surface area contributed by atoms with Gasteiger partial charge in [-0.3, -0.25) is 0 Å². The Bertz CT molecular complexity index is 319. The Morgan fingerprint density at radius 1 is 1.44 bits per heavy atom. The van der Waals surface area contributed by atoms with Gasteiger partial charge in [-0.1, -0.05) is 12.1 Å². The third kappa shape index (κ3) is 3.22. The van der Waals surface area contributed by atoms with Crippen LogP contribution in [-0.2, 0) is 0 Å². The first kappa shape index (κ1) is 11.9. The molecular weight excluding hydrogens is 221 g/mol. The molecule has 1 aliphatic heterocycles. The molecule has 16 heavy (non-hydrogen) atoms. The number of rotatable bonds is 4. The zero-order chi connectivity index (χ0) is 11.4. The standard InChI is InChI=1S/C13H18FNS/c1-10(12-2-4-13(14)5-3-12)15-8-11-6-7-16-9-11/h2-5,10-11,15H,6-9H2,1H3/t10-,11?/m0/s1. The molecule has 1 aliphatic rings. The highest BCUT2D eigenvalue weighted by molar-refractivity contribution is 7.99. The van der Waals surface area contributed by atoms with Crippen molar-refractivity contribution in [2.75, 3.05) is 18.1 Å². The Morgan fingerprint density at radius 2 is 2.19 bits per heavy atom. The fourth-order valence-corrected chi connectivity index (χ4v) is 3.24. The lowest BCUT2D eigenvalue weighted by molar-refractivity contribution is 0.477. The van der Waals surface area contributed by atoms with Gasteiger partial charge in [0.1, 0.15) is 5.82 Å². The van der Waals surface area contributed by atoms with E-state index in [0.29, 0.717) is 6.04 Å². The van der Waals surface area contributed by atoms with Gasteiger partial charge in [-0.15, -0.1) is 0 Å². The van der Waals surface area contributed by atoms with Crippen molar-refractivity contribution in [3.05, 3.63) is 35.6 Å². The summed E-state index contributed by atoms with van der Waals surface area (Å²) in [4.78, 5) is 0. The van der Waals surface area contributed by atoms with Crippen molar-refractivity contribution in [1.29, 1.82) is 0 Å². The zero-order valence-electron chi connectivity index (χ0n) is 9.58. The minimum absolute atomic E-state index is 0.164. The molecule has 0 saturated carbocycles. The lowest BCUT2D eigenvalue weighted by Gasteiger charge is -2.17. The maximum absolute atomic E-state index is 12.8. The van der Waals surface area contributed by atoms with E-state index in [1.54, 1.807) is 0 Å². The van der Waals surface area contributed by atoms with E-state index in [0.717, 1.165) is 18.0 Å². The molecule has 0 aromatic heterocycles. The van der Waals surface area contributed by atoms with Crippen molar-refractivity contribution in [2.24, 2.45) is 5.92 Å². The molecule has 0 spiro atoms. The van der Waals surface area contributed by atoms with Gasteiger partial charge in [-0.2, -0.15) is 11.8 Å². The first-order valence-electron chi connectivity index (χ1n) is 5.82. The molecule has 1 fully saturated rings. The number of nitrogens with one attached hydrogen (secondary N) is 1. The van der Waals surface area contributed by atoms with Gasteiger partial charge in [0.25, 0.3) is 0 Å². The van der Waals surface area contributed by atoms with Crippen LogP contribution in [0.5, 0.6) is 0 Å². The Labute approximate surface area is 101 Å². The zero-order valence-corrected chi connectivity index (χ0v) is 10.4. The second-order valence-electron chi connectivity index (χ2n) is 4.41. The first-order chi connectivity index (χ1) is 7.75. The van der Waals surface area contributed by atoms with Crippen molar-refractivity contribution < 1.29 is 4.39 Å². The van der Waals surface area contributed by atoms with Crippen molar-refractivity contribution in [1.82, 2.24) is 5.32 Å². The fourth-order valence-electron chi connectivity index (χ4n) is 1.96. The van der Waals surface area contributed by atoms with Crippen molar-refractivity contribution in [3.63, 3.8) is 0 Å². The summed E-state index contributed by atoms with van der Waals surface area (Å²) in [5.41, 5.74) is 1.16. The summed E-state index contributed by atoms with van der Waals surface area (Å²) in [7, 11) is 0. The molecule has 0 bridgehead atoms. The van der Waals surface area contributed by atoms with E-state index in [2.05, 4.69) is 12.2 Å². The van der Waals surface area contributed by atoms with Gasteiger partial charge in [0.05, 0.1) is 0 Å². The number of hydrogen-bond acceptors (Lipinski definition) is 2. The highest BCUT2D eigenvalue weighted by Gasteiger charge is 2.16. The molecule has 1 unspecified atom stereocenters. The van der Waals surface area contributed by atoms with Gasteiger partial charge in [-0.05, 0) is 55.0 Å². The second-order valence-corrected chi connectivity index (χ2v) is 5.56. The molecular formula is C13H18FNS. The Balaban J connectivity index is 1.82. The van der Waals surface area contributed by atoms with Crippen LogP contribution in [0.15, 0.2) is 24.3 Å². The molecule has 2 rings (SSSR count). The summed E-state index contributed by atoms with van der Waals surface area (Å²) >= 11 is 2.04. The molecule has 88 valence electrons. The third-order valence-electron chi connectivity index (χ3n) is 3.11. The van der Waals surface area contributed by atoms with E-state index >= 15 is 0 Å². The van der Waals surface area contributed by atoms with Gasteiger partial charge < -0.3 is 5.32 Å². The van der Waals surface area contributed by atoms with Crippen LogP contribution in [-0.4, -0.2) is 18.1 Å². The fraction of sp³-hybridized carbons (Fsp3) is 0.538. The van der Waals surface area contributed by atoms with E-state index in [1.165, 1.54) is 30.1 Å². The van der Waals surface area contributed by atoms with Gasteiger partial charge in [0.15, 0.2) is 0 Å². The molecule has 0 amide bonds. The molecule has 1 aromatic rings. The Hall–Kier alpha value is -0.540. The summed E-state index contributed by atoms with van der Waals surface area (Å²) in [6.07, 6.45) is 1.33. The number of halogens is 1. The number of benzene rings is 1. The summed E-state index contributed by atoms with van der Waals surface area (Å²) < 4.78 is 12.8. The van der Waals surface area contributed by atoms with Crippen LogP contribution in [0.4, 0.5) is 4.39 Å². The van der Waals surface area contributed by atoms with Gasteiger partial charge in [0.2, 0.25) is 0 Å². The highest BCUT2D eigenvalue weighted by Crippen LogP contribution is 2.23. The Morgan fingerprint density at radius 3 is 2.81 bits per heavy atom. The van der Waals surface area contributed by atoms with Crippen molar-refractivity contribution in [3.8, 4) is 0 Å². The minimum atomic E-state index is -0.164. The van der Waals surface area contributed by atoms with E-state index in [4.69, 9.17) is 0 Å². The summed E-state index contributed by atoms with van der Waals surface area (Å²) in [6, 6.07) is 7.08. The molecule has 0 aliphatic carbocycles. The van der Waals surface area contributed by atoms with Crippen LogP contribution in [0.25, 0.3) is 0 Å². The normalized spacial score (nSPS) is 22.2. The van der Waals surface area contributed by atoms with Crippen LogP contribution < -0.4 is 5.32 Å². The molecule has 3 heteroatoms. The van der Waals surface area contributed by atoms with Crippen LogP contribution in [0, 0.1) is 11.7 Å². The summed E-state index contributed by atoms with van der Waals surface area (Å²) in [6.45, 7) is 3.21. The predicted octanol–water partition coefficient (Wildman–Crippen LogP) is 3.23. The lowest BCUT2D eigenvalue weighted by atomic mass is 10.1. The van der Waals surface area contributed by atoms with Crippen molar-refractivity contribution in [2.45, 2.75) is 19.4 Å². The van der Waals surface area contributed by atoms with Crippen LogP contribution >= 0.6 is 11.8 Å². The van der Waals surface area contributed by atoms with E-state index in [-0.39, 0.29) is 5.82 Å². The maximum Gasteiger partial charge on any atom is 0.123 e. The number of hydrogen-bond donors (Lipinski definition) is 1. The average molecular weight is 239 g/mol. The largest absolute Gasteiger partial charge is 0.310 e. The minimum Gasteiger partial charge on any atom is -0.310 e. The maximum atomic E-state index is 12.8. The quantitative estimate of drug-likeness (QED) is 0.865. The molecule has 1 aromatic carbocycles. The van der Waals surface area contributed by atoms with Crippen LogP contribution in [0.1, 0.15) is 24.9 Å². The second kappa shape index (κ2) is 5.69. The molecule has 1 nitrogen and oxygen atoms in total. The number of thioether (sulfide) groups is 1. The molecule has 1 saturated heterocycles. The molecule has 0 radical (unpaired) electrons. The SMILES string of the molecule is C[C@H](NCC1CCSC1)c1ccc(F)cc1. The van der Waals surface area contributed by atoms with Gasteiger partial charge in [-0.25, -0.2) is 4.39 Å². The van der Waals surface area contributed by atoms with E-state index < -0.39 is 0 Å². The predicted molar refractivity (Wildman–Crippen MR) is 68.2 cm³/mol. The molecule has 2 atom stereocenters. The monoisotopic (exact) mass is 239 g/mol. The molecule has 1 heterocycles. The highest BCUT2D eigenvalue weighted by atomic mass is 32.2. The van der Waals surface area contributed by atoms with Crippen LogP contribution in [0.2, 0.25) is 0 Å². The van der Waals surface area contributed by atoms with Crippen LogP contribution in [0.3, 0.4) is 0 Å². The Kier molecular flexibility index (Phi) is 4.24. The smallest absolute Gasteiger partial charge is 0.123 e.